The lowest BCUT2D eigenvalue weighted by molar-refractivity contribution is 0.371. The molecule has 0 bridgehead atoms. The summed E-state index contributed by atoms with van der Waals surface area (Å²) in [6, 6.07) is 0.622. The molecule has 2 atom stereocenters. The van der Waals surface area contributed by atoms with Crippen LogP contribution in [0.2, 0.25) is 0 Å². The van der Waals surface area contributed by atoms with Gasteiger partial charge in [0, 0.05) is 19.1 Å². The van der Waals surface area contributed by atoms with Gasteiger partial charge in [0.25, 0.3) is 0 Å². The summed E-state index contributed by atoms with van der Waals surface area (Å²) >= 11 is 0. The molecule has 5 heteroatoms. The first-order valence-electron chi connectivity index (χ1n) is 6.77. The zero-order valence-corrected chi connectivity index (χ0v) is 10.7. The average Bonchev–Trinajstić information content (AvgIpc) is 2.86. The summed E-state index contributed by atoms with van der Waals surface area (Å²) in [5.41, 5.74) is 0.520. The fourth-order valence-corrected chi connectivity index (χ4v) is 3.10. The van der Waals surface area contributed by atoms with Crippen molar-refractivity contribution in [2.24, 2.45) is 5.92 Å². The molecule has 2 fully saturated rings. The van der Waals surface area contributed by atoms with Gasteiger partial charge >= 0.3 is 0 Å². The van der Waals surface area contributed by atoms with Gasteiger partial charge in [0.15, 0.2) is 11.6 Å². The molecule has 1 aromatic heterocycles. The van der Waals surface area contributed by atoms with E-state index in [9.17, 15) is 4.39 Å². The van der Waals surface area contributed by atoms with E-state index in [2.05, 4.69) is 20.2 Å². The van der Waals surface area contributed by atoms with E-state index in [4.69, 9.17) is 0 Å². The Kier molecular flexibility index (Phi) is 3.16. The summed E-state index contributed by atoms with van der Waals surface area (Å²) in [6.45, 7) is 4.80. The van der Waals surface area contributed by atoms with Gasteiger partial charge < -0.3 is 10.2 Å². The molecular weight excluding hydrogens is 231 g/mol. The van der Waals surface area contributed by atoms with E-state index in [-0.39, 0.29) is 5.82 Å². The Morgan fingerprint density at radius 3 is 3.17 bits per heavy atom. The molecule has 2 aliphatic heterocycles. The fraction of sp³-hybridized carbons (Fsp3) is 0.692. The SMILES string of the molecule is CCc1ncnc(N2CCC3NCCC3C2)c1F. The molecule has 1 N–H and O–H groups in total. The minimum atomic E-state index is -0.232. The largest absolute Gasteiger partial charge is 0.354 e. The van der Waals surface area contributed by atoms with Crippen LogP contribution in [0.4, 0.5) is 10.2 Å². The highest BCUT2D eigenvalue weighted by Gasteiger charge is 2.34. The lowest BCUT2D eigenvalue weighted by Gasteiger charge is -2.35. The third-order valence-electron chi connectivity index (χ3n) is 4.13. The van der Waals surface area contributed by atoms with Crippen LogP contribution >= 0.6 is 0 Å². The summed E-state index contributed by atoms with van der Waals surface area (Å²) in [6.07, 6.45) is 4.36. The van der Waals surface area contributed by atoms with Gasteiger partial charge in [0.2, 0.25) is 0 Å². The number of rotatable bonds is 2. The fourth-order valence-electron chi connectivity index (χ4n) is 3.10. The number of piperidine rings is 1. The first kappa shape index (κ1) is 11.8. The molecule has 4 nitrogen and oxygen atoms in total. The Hall–Kier alpha value is -1.23. The third kappa shape index (κ3) is 1.96. The molecule has 0 radical (unpaired) electrons. The van der Waals surface area contributed by atoms with Crippen LogP contribution in [0.1, 0.15) is 25.5 Å². The molecule has 18 heavy (non-hydrogen) atoms. The van der Waals surface area contributed by atoms with E-state index in [0.29, 0.717) is 29.9 Å². The van der Waals surface area contributed by atoms with Gasteiger partial charge in [-0.25, -0.2) is 14.4 Å². The van der Waals surface area contributed by atoms with Gasteiger partial charge in [0.05, 0.1) is 5.69 Å². The maximum atomic E-state index is 14.2. The van der Waals surface area contributed by atoms with Crippen LogP contribution in [0.5, 0.6) is 0 Å². The molecule has 0 saturated carbocycles. The molecule has 2 unspecified atom stereocenters. The van der Waals surface area contributed by atoms with Crippen molar-refractivity contribution >= 4 is 5.82 Å². The normalized spacial score (nSPS) is 27.3. The quantitative estimate of drug-likeness (QED) is 0.860. The van der Waals surface area contributed by atoms with E-state index in [1.807, 2.05) is 6.92 Å². The second-order valence-corrected chi connectivity index (χ2v) is 5.16. The number of hydrogen-bond acceptors (Lipinski definition) is 4. The van der Waals surface area contributed by atoms with Gasteiger partial charge in [-0.15, -0.1) is 0 Å². The second-order valence-electron chi connectivity index (χ2n) is 5.16. The molecule has 3 rings (SSSR count). The zero-order valence-electron chi connectivity index (χ0n) is 10.7. The predicted molar refractivity (Wildman–Crippen MR) is 68.1 cm³/mol. The van der Waals surface area contributed by atoms with E-state index in [1.54, 1.807) is 0 Å². The molecule has 98 valence electrons. The monoisotopic (exact) mass is 250 g/mol. The van der Waals surface area contributed by atoms with E-state index in [0.717, 1.165) is 26.1 Å². The summed E-state index contributed by atoms with van der Waals surface area (Å²) < 4.78 is 14.2. The van der Waals surface area contributed by atoms with Gasteiger partial charge in [-0.05, 0) is 31.7 Å². The molecular formula is C13H19FN4. The molecule has 0 spiro atoms. The van der Waals surface area contributed by atoms with Crippen molar-refractivity contribution in [3.8, 4) is 0 Å². The molecule has 0 aliphatic carbocycles. The lowest BCUT2D eigenvalue weighted by atomic mass is 9.93. The van der Waals surface area contributed by atoms with Gasteiger partial charge in [0.1, 0.15) is 6.33 Å². The number of halogens is 1. The molecule has 3 heterocycles. The second kappa shape index (κ2) is 4.80. The molecule has 0 amide bonds. The van der Waals surface area contributed by atoms with Crippen molar-refractivity contribution in [2.75, 3.05) is 24.5 Å². The van der Waals surface area contributed by atoms with Crippen LogP contribution < -0.4 is 10.2 Å². The average molecular weight is 250 g/mol. The molecule has 1 aromatic rings. The van der Waals surface area contributed by atoms with Crippen molar-refractivity contribution in [3.05, 3.63) is 17.8 Å². The highest BCUT2D eigenvalue weighted by atomic mass is 19.1. The maximum absolute atomic E-state index is 14.2. The predicted octanol–water partition coefficient (Wildman–Crippen LogP) is 1.37. The Bertz CT molecular complexity index is 437. The number of aromatic nitrogens is 2. The van der Waals surface area contributed by atoms with E-state index < -0.39 is 0 Å². The van der Waals surface area contributed by atoms with Gasteiger partial charge in [-0.2, -0.15) is 0 Å². The van der Waals surface area contributed by atoms with Crippen molar-refractivity contribution in [3.63, 3.8) is 0 Å². The molecule has 0 aromatic carbocycles. The van der Waals surface area contributed by atoms with Gasteiger partial charge in [-0.1, -0.05) is 6.92 Å². The Labute approximate surface area is 107 Å². The van der Waals surface area contributed by atoms with Crippen molar-refractivity contribution in [1.29, 1.82) is 0 Å². The van der Waals surface area contributed by atoms with Crippen LogP contribution in [0.25, 0.3) is 0 Å². The molecule has 2 saturated heterocycles. The highest BCUT2D eigenvalue weighted by Crippen LogP contribution is 2.28. The minimum absolute atomic E-state index is 0.232. The van der Waals surface area contributed by atoms with Crippen molar-refractivity contribution in [1.82, 2.24) is 15.3 Å². The van der Waals surface area contributed by atoms with Crippen LogP contribution in [-0.4, -0.2) is 35.6 Å². The third-order valence-corrected chi connectivity index (χ3v) is 4.13. The van der Waals surface area contributed by atoms with Crippen LogP contribution in [0.15, 0.2) is 6.33 Å². The van der Waals surface area contributed by atoms with Crippen LogP contribution in [0, 0.1) is 11.7 Å². The highest BCUT2D eigenvalue weighted by molar-refractivity contribution is 5.42. The first-order chi connectivity index (χ1) is 8.79. The summed E-state index contributed by atoms with van der Waals surface area (Å²) in [4.78, 5) is 10.2. The van der Waals surface area contributed by atoms with Crippen molar-refractivity contribution in [2.45, 2.75) is 32.2 Å². The molecule has 2 aliphatic rings. The van der Waals surface area contributed by atoms with Gasteiger partial charge in [-0.3, -0.25) is 0 Å². The lowest BCUT2D eigenvalue weighted by Crippen LogP contribution is -2.45. The number of nitrogens with zero attached hydrogens (tertiary/aromatic N) is 3. The number of aryl methyl sites for hydroxylation is 1. The topological polar surface area (TPSA) is 41.1 Å². The van der Waals surface area contributed by atoms with Crippen LogP contribution in [-0.2, 0) is 6.42 Å². The summed E-state index contributed by atoms with van der Waals surface area (Å²) in [7, 11) is 0. The smallest absolute Gasteiger partial charge is 0.187 e. The van der Waals surface area contributed by atoms with Crippen LogP contribution in [0.3, 0.4) is 0 Å². The zero-order chi connectivity index (χ0) is 12.5. The summed E-state index contributed by atoms with van der Waals surface area (Å²) in [5, 5.41) is 3.51. The van der Waals surface area contributed by atoms with E-state index >= 15 is 0 Å². The Morgan fingerprint density at radius 1 is 1.44 bits per heavy atom. The Morgan fingerprint density at radius 2 is 2.33 bits per heavy atom. The Balaban J connectivity index is 1.82. The number of hydrogen-bond donors (Lipinski definition) is 1. The number of anilines is 1. The van der Waals surface area contributed by atoms with E-state index in [1.165, 1.54) is 12.7 Å². The van der Waals surface area contributed by atoms with Crippen molar-refractivity contribution < 1.29 is 4.39 Å². The number of nitrogens with one attached hydrogen (secondary N) is 1. The minimum Gasteiger partial charge on any atom is -0.354 e. The maximum Gasteiger partial charge on any atom is 0.187 e. The summed E-state index contributed by atoms with van der Waals surface area (Å²) in [5.74, 6) is 0.898. The first-order valence-corrected chi connectivity index (χ1v) is 6.77. The standard InChI is InChI=1S/C13H19FN4/c1-2-10-12(14)13(17-8-16-10)18-6-4-11-9(7-18)3-5-15-11/h8-9,11,15H,2-7H2,1H3. The number of fused-ring (bicyclic) bond motifs is 1.